The molecule has 0 amide bonds. The molecule has 1 aliphatic heterocycles. The molecule has 0 spiro atoms. The van der Waals surface area contributed by atoms with Crippen molar-refractivity contribution in [2.45, 2.75) is 43.7 Å². The topological polar surface area (TPSA) is 45.2 Å². The van der Waals surface area contributed by atoms with Crippen LogP contribution in [0.5, 0.6) is 0 Å². The number of rotatable bonds is 6. The van der Waals surface area contributed by atoms with Crippen molar-refractivity contribution in [3.63, 3.8) is 0 Å². The van der Waals surface area contributed by atoms with Crippen LogP contribution in [-0.2, 0) is 17.3 Å². The van der Waals surface area contributed by atoms with E-state index in [1.807, 2.05) is 25.1 Å². The van der Waals surface area contributed by atoms with Crippen molar-refractivity contribution in [1.82, 2.24) is 10.3 Å². The summed E-state index contributed by atoms with van der Waals surface area (Å²) in [6.45, 7) is 8.83. The van der Waals surface area contributed by atoms with Crippen LogP contribution in [0.25, 0.3) is 0 Å². The van der Waals surface area contributed by atoms with Crippen LogP contribution in [0.2, 0.25) is 0 Å². The molecule has 4 nitrogen and oxygen atoms in total. The summed E-state index contributed by atoms with van der Waals surface area (Å²) in [5.74, 6) is 0. The summed E-state index contributed by atoms with van der Waals surface area (Å²) in [5.41, 5.74) is 6.66. The van der Waals surface area contributed by atoms with E-state index in [0.717, 1.165) is 48.0 Å². The number of anilines is 2. The lowest BCUT2D eigenvalue weighted by Gasteiger charge is -2.34. The summed E-state index contributed by atoms with van der Waals surface area (Å²) in [6.07, 6.45) is 0.986. The Morgan fingerprint density at radius 1 is 1.00 bits per heavy atom. The van der Waals surface area contributed by atoms with Crippen LogP contribution in [0.1, 0.15) is 28.8 Å². The van der Waals surface area contributed by atoms with Gasteiger partial charge >= 0.3 is 0 Å². The Hall–Kier alpha value is -2.50. The lowest BCUT2D eigenvalue weighted by atomic mass is 10.1. The highest BCUT2D eigenvalue weighted by Gasteiger charge is 2.30. The van der Waals surface area contributed by atoms with Gasteiger partial charge in [0.2, 0.25) is 0 Å². The van der Waals surface area contributed by atoms with E-state index < -0.39 is 10.8 Å². The third-order valence-corrected chi connectivity index (χ3v) is 6.87. The largest absolute Gasteiger partial charge is 0.338 e. The summed E-state index contributed by atoms with van der Waals surface area (Å²) in [5, 5.41) is 4.21. The van der Waals surface area contributed by atoms with E-state index in [2.05, 4.69) is 65.4 Å². The predicted molar refractivity (Wildman–Crippen MR) is 119 cm³/mol. The Morgan fingerprint density at radius 2 is 1.79 bits per heavy atom. The molecule has 1 N–H and O–H groups in total. The molecule has 5 heteroatoms. The average molecular weight is 406 g/mol. The van der Waals surface area contributed by atoms with Gasteiger partial charge in [0.05, 0.1) is 16.3 Å². The standard InChI is InChI=1S/C24H27N3OS/c1-17-10-13-22-23(19(17)3)27(21-12-11-18(2)26-24(21)29(22)28)15-7-14-25-16-20-8-5-4-6-9-20/h4-6,8-13,25H,7,14-16H2,1-3H3. The smallest absolute Gasteiger partial charge is 0.156 e. The van der Waals surface area contributed by atoms with Crippen LogP contribution < -0.4 is 10.2 Å². The van der Waals surface area contributed by atoms with Gasteiger partial charge in [-0.15, -0.1) is 0 Å². The van der Waals surface area contributed by atoms with E-state index in [1.54, 1.807) is 0 Å². The molecule has 0 radical (unpaired) electrons. The van der Waals surface area contributed by atoms with E-state index in [-0.39, 0.29) is 0 Å². The van der Waals surface area contributed by atoms with Gasteiger partial charge in [-0.3, -0.25) is 0 Å². The van der Waals surface area contributed by atoms with Gasteiger partial charge in [-0.1, -0.05) is 36.4 Å². The first kappa shape index (κ1) is 19.8. The van der Waals surface area contributed by atoms with Crippen LogP contribution in [-0.4, -0.2) is 22.3 Å². The van der Waals surface area contributed by atoms with Crippen molar-refractivity contribution in [3.05, 3.63) is 77.0 Å². The number of hydrogen-bond acceptors (Lipinski definition) is 4. The summed E-state index contributed by atoms with van der Waals surface area (Å²) in [6, 6.07) is 18.6. The van der Waals surface area contributed by atoms with Gasteiger partial charge in [0, 0.05) is 18.8 Å². The number of pyridine rings is 1. The molecule has 2 heterocycles. The van der Waals surface area contributed by atoms with Crippen LogP contribution in [0, 0.1) is 20.8 Å². The molecule has 1 unspecified atom stereocenters. The number of hydrogen-bond donors (Lipinski definition) is 1. The first-order valence-electron chi connectivity index (χ1n) is 10.1. The van der Waals surface area contributed by atoms with Crippen molar-refractivity contribution in [1.29, 1.82) is 0 Å². The molecular weight excluding hydrogens is 378 g/mol. The molecule has 3 aromatic rings. The zero-order valence-electron chi connectivity index (χ0n) is 17.2. The zero-order chi connectivity index (χ0) is 20.4. The summed E-state index contributed by atoms with van der Waals surface area (Å²) in [4.78, 5) is 7.80. The molecule has 29 heavy (non-hydrogen) atoms. The second kappa shape index (κ2) is 8.47. The molecule has 4 rings (SSSR count). The van der Waals surface area contributed by atoms with Gasteiger partial charge in [0.15, 0.2) is 5.03 Å². The number of benzene rings is 2. The maximum atomic E-state index is 13.2. The average Bonchev–Trinajstić information content (AvgIpc) is 2.73. The first-order valence-corrected chi connectivity index (χ1v) is 11.2. The molecule has 1 aromatic heterocycles. The SMILES string of the molecule is Cc1ccc2c(n1)S(=O)c1ccc(C)c(C)c1N2CCCNCc1ccccc1. The molecule has 0 fully saturated rings. The highest BCUT2D eigenvalue weighted by Crippen LogP contribution is 2.43. The zero-order valence-corrected chi connectivity index (χ0v) is 18.1. The fraction of sp³-hybridized carbons (Fsp3) is 0.292. The summed E-state index contributed by atoms with van der Waals surface area (Å²) >= 11 is 0. The van der Waals surface area contributed by atoms with E-state index in [0.29, 0.717) is 5.03 Å². The molecule has 150 valence electrons. The van der Waals surface area contributed by atoms with Crippen molar-refractivity contribution in [2.24, 2.45) is 0 Å². The van der Waals surface area contributed by atoms with Gasteiger partial charge in [-0.25, -0.2) is 9.19 Å². The van der Waals surface area contributed by atoms with Crippen molar-refractivity contribution in [2.75, 3.05) is 18.0 Å². The fourth-order valence-corrected chi connectivity index (χ4v) is 5.21. The minimum absolute atomic E-state index is 0.679. The molecule has 0 bridgehead atoms. The lowest BCUT2D eigenvalue weighted by Crippen LogP contribution is -2.29. The summed E-state index contributed by atoms with van der Waals surface area (Å²) in [7, 11) is -1.24. The van der Waals surface area contributed by atoms with E-state index in [9.17, 15) is 4.21 Å². The Morgan fingerprint density at radius 3 is 2.59 bits per heavy atom. The van der Waals surface area contributed by atoms with E-state index >= 15 is 0 Å². The Labute approximate surface area is 175 Å². The monoisotopic (exact) mass is 405 g/mol. The van der Waals surface area contributed by atoms with Gasteiger partial charge in [0.1, 0.15) is 10.8 Å². The Balaban J connectivity index is 1.55. The Bertz CT molecular complexity index is 1050. The summed E-state index contributed by atoms with van der Waals surface area (Å²) < 4.78 is 13.2. The third-order valence-electron chi connectivity index (χ3n) is 5.49. The van der Waals surface area contributed by atoms with E-state index in [1.165, 1.54) is 16.7 Å². The van der Waals surface area contributed by atoms with Crippen LogP contribution in [0.3, 0.4) is 0 Å². The van der Waals surface area contributed by atoms with Gasteiger partial charge in [-0.05, 0) is 68.6 Å². The Kier molecular flexibility index (Phi) is 5.79. The van der Waals surface area contributed by atoms with Crippen LogP contribution >= 0.6 is 0 Å². The first-order chi connectivity index (χ1) is 14.1. The van der Waals surface area contributed by atoms with Gasteiger partial charge in [0.25, 0.3) is 0 Å². The van der Waals surface area contributed by atoms with Crippen molar-refractivity contribution in [3.8, 4) is 0 Å². The van der Waals surface area contributed by atoms with Crippen LogP contribution in [0.15, 0.2) is 64.5 Å². The maximum absolute atomic E-state index is 13.2. The molecular formula is C24H27N3OS. The quantitative estimate of drug-likeness (QED) is 0.598. The predicted octanol–water partition coefficient (Wildman–Crippen LogP) is 4.80. The second-order valence-electron chi connectivity index (χ2n) is 7.57. The maximum Gasteiger partial charge on any atom is 0.156 e. The number of nitrogens with one attached hydrogen (secondary N) is 1. The van der Waals surface area contributed by atoms with Gasteiger partial charge in [-0.2, -0.15) is 0 Å². The normalized spacial score (nSPS) is 15.1. The molecule has 1 aliphatic rings. The van der Waals surface area contributed by atoms with Crippen molar-refractivity contribution >= 4 is 22.2 Å². The highest BCUT2D eigenvalue weighted by molar-refractivity contribution is 7.85. The van der Waals surface area contributed by atoms with Crippen molar-refractivity contribution < 1.29 is 4.21 Å². The minimum atomic E-state index is -1.24. The number of aryl methyl sites for hydroxylation is 2. The molecule has 0 saturated heterocycles. The molecule has 1 atom stereocenters. The minimum Gasteiger partial charge on any atom is -0.338 e. The number of fused-ring (bicyclic) bond motifs is 2. The van der Waals surface area contributed by atoms with Gasteiger partial charge < -0.3 is 10.2 Å². The van der Waals surface area contributed by atoms with Crippen LogP contribution in [0.4, 0.5) is 11.4 Å². The highest BCUT2D eigenvalue weighted by atomic mass is 32.2. The number of aromatic nitrogens is 1. The lowest BCUT2D eigenvalue weighted by molar-refractivity contribution is 0.645. The van der Waals surface area contributed by atoms with E-state index in [4.69, 9.17) is 0 Å². The third kappa shape index (κ3) is 3.98. The fourth-order valence-electron chi connectivity index (χ4n) is 3.78. The molecule has 2 aromatic carbocycles. The second-order valence-corrected chi connectivity index (χ2v) is 8.93. The molecule has 0 aliphatic carbocycles. The number of nitrogens with zero attached hydrogens (tertiary/aromatic N) is 2. The molecule has 0 saturated carbocycles.